The number of esters is 2. The number of methoxy groups -OCH3 is 1. The summed E-state index contributed by atoms with van der Waals surface area (Å²) in [6, 6.07) is 14.5. The molecule has 0 heterocycles. The van der Waals surface area contributed by atoms with Gasteiger partial charge >= 0.3 is 11.9 Å². The largest absolute Gasteiger partial charge is 0.467 e. The summed E-state index contributed by atoms with van der Waals surface area (Å²) in [6.07, 6.45) is 0.265. The van der Waals surface area contributed by atoms with Crippen LogP contribution >= 0.6 is 11.6 Å². The molecule has 0 radical (unpaired) electrons. The maximum absolute atomic E-state index is 12.0. The average Bonchev–Trinajstić information content (AvgIpc) is 2.65. The van der Waals surface area contributed by atoms with E-state index in [2.05, 4.69) is 5.32 Å². The van der Waals surface area contributed by atoms with Gasteiger partial charge in [0.05, 0.1) is 12.7 Å². The van der Waals surface area contributed by atoms with E-state index in [1.54, 1.807) is 12.1 Å². The van der Waals surface area contributed by atoms with Crippen molar-refractivity contribution in [1.29, 1.82) is 0 Å². The number of nitrogens with one attached hydrogen (secondary N) is 1. The van der Waals surface area contributed by atoms with Crippen molar-refractivity contribution in [1.82, 2.24) is 5.32 Å². The maximum atomic E-state index is 12.0. The van der Waals surface area contributed by atoms with Gasteiger partial charge in [0.1, 0.15) is 6.04 Å². The van der Waals surface area contributed by atoms with Crippen LogP contribution in [-0.2, 0) is 25.5 Å². The van der Waals surface area contributed by atoms with Crippen molar-refractivity contribution in [3.8, 4) is 0 Å². The minimum absolute atomic E-state index is 0.235. The molecular weight excluding hydrogens is 358 g/mol. The molecule has 0 aliphatic rings. The third-order valence-electron chi connectivity index (χ3n) is 3.50. The molecule has 1 N–H and O–H groups in total. The third kappa shape index (κ3) is 5.89. The number of amides is 1. The van der Waals surface area contributed by atoms with Crippen LogP contribution in [-0.4, -0.2) is 37.6 Å². The van der Waals surface area contributed by atoms with Crippen LogP contribution in [0.2, 0.25) is 5.02 Å². The summed E-state index contributed by atoms with van der Waals surface area (Å²) in [6.45, 7) is -0.520. The van der Waals surface area contributed by atoms with Crippen molar-refractivity contribution in [2.24, 2.45) is 0 Å². The molecule has 0 unspecified atom stereocenters. The summed E-state index contributed by atoms with van der Waals surface area (Å²) in [5.41, 5.74) is 1.10. The molecule has 0 fully saturated rings. The fraction of sp³-hybridized carbons (Fsp3) is 0.211. The fourth-order valence-electron chi connectivity index (χ4n) is 2.25. The second-order valence-electron chi connectivity index (χ2n) is 5.42. The number of benzene rings is 2. The van der Waals surface area contributed by atoms with Crippen LogP contribution in [0.25, 0.3) is 0 Å². The molecule has 0 aromatic heterocycles. The Labute approximate surface area is 156 Å². The van der Waals surface area contributed by atoms with Crippen molar-refractivity contribution >= 4 is 29.4 Å². The maximum Gasteiger partial charge on any atom is 0.338 e. The fourth-order valence-corrected chi connectivity index (χ4v) is 2.44. The Bertz CT molecular complexity index is 779. The number of hydrogen-bond acceptors (Lipinski definition) is 5. The summed E-state index contributed by atoms with van der Waals surface area (Å²) in [4.78, 5) is 35.8. The molecule has 0 saturated heterocycles. The van der Waals surface area contributed by atoms with Gasteiger partial charge in [-0.25, -0.2) is 9.59 Å². The van der Waals surface area contributed by atoms with Crippen molar-refractivity contribution < 1.29 is 23.9 Å². The average molecular weight is 376 g/mol. The standard InChI is InChI=1S/C19H18ClNO5/c1-25-19(24)16(10-13-6-3-2-4-7-13)21-17(22)12-26-18(23)14-8-5-9-15(20)11-14/h2-9,11,16H,10,12H2,1H3,(H,21,22)/t16-/m0/s1. The number of rotatable bonds is 7. The minimum atomic E-state index is -0.875. The topological polar surface area (TPSA) is 81.7 Å². The zero-order valence-corrected chi connectivity index (χ0v) is 14.9. The van der Waals surface area contributed by atoms with E-state index in [4.69, 9.17) is 21.1 Å². The predicted octanol–water partition coefficient (Wildman–Crippen LogP) is 2.40. The summed E-state index contributed by atoms with van der Waals surface area (Å²) < 4.78 is 9.67. The third-order valence-corrected chi connectivity index (χ3v) is 3.73. The molecule has 0 saturated carbocycles. The van der Waals surface area contributed by atoms with Crippen molar-refractivity contribution in [3.05, 3.63) is 70.7 Å². The molecule has 0 bridgehead atoms. The van der Waals surface area contributed by atoms with Crippen molar-refractivity contribution in [3.63, 3.8) is 0 Å². The lowest BCUT2D eigenvalue weighted by Crippen LogP contribution is -2.44. The number of carbonyl (C=O) groups is 3. The molecule has 2 rings (SSSR count). The van der Waals surface area contributed by atoms with Crippen LogP contribution < -0.4 is 5.32 Å². The summed E-state index contributed by atoms with van der Waals surface area (Å²) in [7, 11) is 1.24. The minimum Gasteiger partial charge on any atom is -0.467 e. The lowest BCUT2D eigenvalue weighted by molar-refractivity contribution is -0.145. The normalized spacial score (nSPS) is 11.3. The first kappa shape index (κ1) is 19.5. The smallest absolute Gasteiger partial charge is 0.338 e. The first-order chi connectivity index (χ1) is 12.5. The monoisotopic (exact) mass is 375 g/mol. The predicted molar refractivity (Wildman–Crippen MR) is 95.8 cm³/mol. The molecule has 2 aromatic carbocycles. The molecule has 1 amide bonds. The van der Waals surface area contributed by atoms with Crippen LogP contribution in [0, 0.1) is 0 Å². The Morgan fingerprint density at radius 3 is 2.46 bits per heavy atom. The van der Waals surface area contributed by atoms with E-state index in [0.29, 0.717) is 5.02 Å². The highest BCUT2D eigenvalue weighted by molar-refractivity contribution is 6.30. The van der Waals surface area contributed by atoms with Gasteiger partial charge in [-0.1, -0.05) is 48.0 Å². The molecule has 0 spiro atoms. The van der Waals surface area contributed by atoms with Crippen LogP contribution in [0.4, 0.5) is 0 Å². The second-order valence-corrected chi connectivity index (χ2v) is 5.86. The SMILES string of the molecule is COC(=O)[C@H](Cc1ccccc1)NC(=O)COC(=O)c1cccc(Cl)c1. The molecule has 0 aliphatic carbocycles. The first-order valence-electron chi connectivity index (χ1n) is 7.83. The number of ether oxygens (including phenoxy) is 2. The molecule has 0 aliphatic heterocycles. The molecule has 26 heavy (non-hydrogen) atoms. The van der Waals surface area contributed by atoms with E-state index in [1.165, 1.54) is 19.2 Å². The lowest BCUT2D eigenvalue weighted by atomic mass is 10.1. The van der Waals surface area contributed by atoms with Crippen molar-refractivity contribution in [2.45, 2.75) is 12.5 Å². The highest BCUT2D eigenvalue weighted by Crippen LogP contribution is 2.11. The highest BCUT2D eigenvalue weighted by atomic mass is 35.5. The van der Waals surface area contributed by atoms with E-state index < -0.39 is 30.5 Å². The Morgan fingerprint density at radius 2 is 1.81 bits per heavy atom. The Balaban J connectivity index is 1.92. The van der Waals surface area contributed by atoms with Crippen LogP contribution in [0.3, 0.4) is 0 Å². The second kappa shape index (κ2) is 9.58. The van der Waals surface area contributed by atoms with Gasteiger partial charge in [0.25, 0.3) is 5.91 Å². The Morgan fingerprint density at radius 1 is 1.08 bits per heavy atom. The molecule has 6 nitrogen and oxygen atoms in total. The van der Waals surface area contributed by atoms with Crippen LogP contribution in [0.5, 0.6) is 0 Å². The number of hydrogen-bond donors (Lipinski definition) is 1. The van der Waals surface area contributed by atoms with E-state index in [0.717, 1.165) is 5.56 Å². The number of halogens is 1. The van der Waals surface area contributed by atoms with Gasteiger partial charge in [0, 0.05) is 11.4 Å². The Kier molecular flexibility index (Phi) is 7.17. The van der Waals surface area contributed by atoms with E-state index in [-0.39, 0.29) is 12.0 Å². The van der Waals surface area contributed by atoms with Crippen LogP contribution in [0.1, 0.15) is 15.9 Å². The van der Waals surface area contributed by atoms with Crippen molar-refractivity contribution in [2.75, 3.05) is 13.7 Å². The first-order valence-corrected chi connectivity index (χ1v) is 8.21. The zero-order valence-electron chi connectivity index (χ0n) is 14.1. The molecule has 1 atom stereocenters. The lowest BCUT2D eigenvalue weighted by Gasteiger charge is -2.16. The van der Waals surface area contributed by atoms with Gasteiger partial charge in [-0.2, -0.15) is 0 Å². The zero-order chi connectivity index (χ0) is 18.9. The quantitative estimate of drug-likeness (QED) is 0.751. The molecular formula is C19H18ClNO5. The number of carbonyl (C=O) groups excluding carboxylic acids is 3. The van der Waals surface area contributed by atoms with E-state index in [9.17, 15) is 14.4 Å². The Hall–Kier alpha value is -2.86. The summed E-state index contributed by atoms with van der Waals surface area (Å²) in [5.74, 6) is -1.87. The molecule has 7 heteroatoms. The van der Waals surface area contributed by atoms with Gasteiger partial charge in [0.15, 0.2) is 6.61 Å². The van der Waals surface area contributed by atoms with E-state index in [1.807, 2.05) is 30.3 Å². The van der Waals surface area contributed by atoms with E-state index >= 15 is 0 Å². The van der Waals surface area contributed by atoms with Gasteiger partial charge in [0.2, 0.25) is 0 Å². The summed E-state index contributed by atoms with van der Waals surface area (Å²) >= 11 is 5.81. The van der Waals surface area contributed by atoms with Gasteiger partial charge in [-0.15, -0.1) is 0 Å². The summed E-state index contributed by atoms with van der Waals surface area (Å²) in [5, 5.41) is 2.90. The molecule has 2 aromatic rings. The molecule has 136 valence electrons. The highest BCUT2D eigenvalue weighted by Gasteiger charge is 2.22. The van der Waals surface area contributed by atoms with Gasteiger partial charge < -0.3 is 14.8 Å². The van der Waals surface area contributed by atoms with Crippen LogP contribution in [0.15, 0.2) is 54.6 Å². The van der Waals surface area contributed by atoms with Gasteiger partial charge in [-0.3, -0.25) is 4.79 Å². The van der Waals surface area contributed by atoms with Gasteiger partial charge in [-0.05, 0) is 23.8 Å².